The number of likely N-dealkylation sites (tertiary alicyclic amines) is 1. The number of hydrogen-bond donors (Lipinski definition) is 2. The van der Waals surface area contributed by atoms with Gasteiger partial charge >= 0.3 is 0 Å². The van der Waals surface area contributed by atoms with Crippen LogP contribution in [0.3, 0.4) is 0 Å². The fourth-order valence-corrected chi connectivity index (χ4v) is 2.81. The number of aryl methyl sites for hydroxylation is 1. The normalized spacial score (nSPS) is 24.2. The van der Waals surface area contributed by atoms with Crippen LogP contribution in [-0.4, -0.2) is 35.6 Å². The van der Waals surface area contributed by atoms with E-state index in [1.807, 2.05) is 6.07 Å². The second-order valence-corrected chi connectivity index (χ2v) is 6.05. The summed E-state index contributed by atoms with van der Waals surface area (Å²) in [6.07, 6.45) is 2.31. The van der Waals surface area contributed by atoms with Crippen molar-refractivity contribution < 1.29 is 0 Å². The molecule has 3 nitrogen and oxygen atoms in total. The summed E-state index contributed by atoms with van der Waals surface area (Å²) < 4.78 is 0. The monoisotopic (exact) mass is 277 g/mol. The van der Waals surface area contributed by atoms with Crippen LogP contribution in [0.5, 0.6) is 0 Å². The Balaban J connectivity index is 2.14. The lowest BCUT2D eigenvalue weighted by molar-refractivity contribution is 0.190. The molecular formula is C15H23N3S. The Hall–Kier alpha value is -1.13. The van der Waals surface area contributed by atoms with Crippen LogP contribution >= 0.6 is 12.2 Å². The maximum Gasteiger partial charge on any atom is 0.106 e. The topological polar surface area (TPSA) is 41.3 Å². The van der Waals surface area contributed by atoms with Gasteiger partial charge in [0.05, 0.1) is 0 Å². The van der Waals surface area contributed by atoms with Gasteiger partial charge in [0.15, 0.2) is 0 Å². The highest BCUT2D eigenvalue weighted by atomic mass is 32.1. The molecule has 1 saturated heterocycles. The largest absolute Gasteiger partial charge is 0.389 e. The molecule has 0 aromatic heterocycles. The standard InChI is InChI=1S/C15H23N3S/c1-10-4-5-13(15(16)19)14(8-10)17-12-6-7-18(3)11(2)9-12/h4-5,8,11-12,17H,6-7,9H2,1-3H3,(H2,16,19). The van der Waals surface area contributed by atoms with E-state index >= 15 is 0 Å². The summed E-state index contributed by atoms with van der Waals surface area (Å²) >= 11 is 5.13. The third-order valence-electron chi connectivity index (χ3n) is 4.01. The van der Waals surface area contributed by atoms with Crippen LogP contribution in [0.1, 0.15) is 30.9 Å². The van der Waals surface area contributed by atoms with Crippen LogP contribution < -0.4 is 11.1 Å². The molecule has 1 aromatic rings. The lowest BCUT2D eigenvalue weighted by Gasteiger charge is -2.36. The van der Waals surface area contributed by atoms with E-state index in [4.69, 9.17) is 18.0 Å². The van der Waals surface area contributed by atoms with Crippen molar-refractivity contribution in [2.75, 3.05) is 18.9 Å². The predicted molar refractivity (Wildman–Crippen MR) is 85.8 cm³/mol. The third kappa shape index (κ3) is 3.45. The Morgan fingerprint density at radius 3 is 2.84 bits per heavy atom. The third-order valence-corrected chi connectivity index (χ3v) is 4.23. The number of thiocarbonyl (C=S) groups is 1. The SMILES string of the molecule is Cc1ccc(C(N)=S)c(NC2CCN(C)C(C)C2)c1. The van der Waals surface area contributed by atoms with Crippen molar-refractivity contribution in [3.63, 3.8) is 0 Å². The van der Waals surface area contributed by atoms with Gasteiger partial charge in [-0.25, -0.2) is 0 Å². The number of rotatable bonds is 3. The quantitative estimate of drug-likeness (QED) is 0.833. The van der Waals surface area contributed by atoms with Crippen LogP contribution in [0.4, 0.5) is 5.69 Å². The molecule has 2 atom stereocenters. The summed E-state index contributed by atoms with van der Waals surface area (Å²) in [4.78, 5) is 2.87. The van der Waals surface area contributed by atoms with Gasteiger partial charge in [0.2, 0.25) is 0 Å². The summed E-state index contributed by atoms with van der Waals surface area (Å²) in [7, 11) is 2.19. The molecule has 3 N–H and O–H groups in total. The summed E-state index contributed by atoms with van der Waals surface area (Å²) in [5, 5.41) is 3.63. The maximum atomic E-state index is 5.80. The summed E-state index contributed by atoms with van der Waals surface area (Å²) in [5.41, 5.74) is 9.06. The fraction of sp³-hybridized carbons (Fsp3) is 0.533. The van der Waals surface area contributed by atoms with Gasteiger partial charge in [-0.15, -0.1) is 0 Å². The van der Waals surface area contributed by atoms with Crippen LogP contribution in [0.15, 0.2) is 18.2 Å². The number of anilines is 1. The van der Waals surface area contributed by atoms with E-state index < -0.39 is 0 Å². The van der Waals surface area contributed by atoms with Gasteiger partial charge in [0.1, 0.15) is 4.99 Å². The molecule has 104 valence electrons. The molecule has 1 heterocycles. The minimum absolute atomic E-state index is 0.462. The van der Waals surface area contributed by atoms with Crippen molar-refractivity contribution in [2.45, 2.75) is 38.8 Å². The van der Waals surface area contributed by atoms with Crippen molar-refractivity contribution in [2.24, 2.45) is 5.73 Å². The first kappa shape index (κ1) is 14.3. The summed E-state index contributed by atoms with van der Waals surface area (Å²) in [5.74, 6) is 0. The van der Waals surface area contributed by atoms with Crippen LogP contribution in [0.2, 0.25) is 0 Å². The number of nitrogens with one attached hydrogen (secondary N) is 1. The van der Waals surface area contributed by atoms with E-state index in [9.17, 15) is 0 Å². The molecule has 0 radical (unpaired) electrons. The summed E-state index contributed by atoms with van der Waals surface area (Å²) in [6, 6.07) is 7.32. The first-order chi connectivity index (χ1) is 8.97. The van der Waals surface area contributed by atoms with E-state index in [-0.39, 0.29) is 0 Å². The van der Waals surface area contributed by atoms with Gasteiger partial charge in [0, 0.05) is 29.9 Å². The molecule has 1 fully saturated rings. The Bertz CT molecular complexity index is 472. The molecule has 0 amide bonds. The maximum absolute atomic E-state index is 5.80. The van der Waals surface area contributed by atoms with Crippen LogP contribution in [-0.2, 0) is 0 Å². The van der Waals surface area contributed by atoms with Crippen molar-refractivity contribution in [3.8, 4) is 0 Å². The molecular weight excluding hydrogens is 254 g/mol. The first-order valence-corrected chi connectivity index (χ1v) is 7.25. The number of nitrogens with two attached hydrogens (primary N) is 1. The van der Waals surface area contributed by atoms with Crippen LogP contribution in [0, 0.1) is 6.92 Å². The van der Waals surface area contributed by atoms with Gasteiger partial charge in [0.25, 0.3) is 0 Å². The second kappa shape index (κ2) is 5.88. The zero-order valence-corrected chi connectivity index (χ0v) is 12.8. The van der Waals surface area contributed by atoms with Gasteiger partial charge in [-0.05, 0) is 51.4 Å². The number of piperidine rings is 1. The van der Waals surface area contributed by atoms with Crippen molar-refractivity contribution in [1.82, 2.24) is 4.90 Å². The lowest BCUT2D eigenvalue weighted by Crippen LogP contribution is -2.42. The average molecular weight is 277 g/mol. The smallest absolute Gasteiger partial charge is 0.106 e. The molecule has 0 spiro atoms. The Kier molecular flexibility index (Phi) is 4.42. The van der Waals surface area contributed by atoms with E-state index in [0.717, 1.165) is 30.6 Å². The molecule has 19 heavy (non-hydrogen) atoms. The zero-order valence-electron chi connectivity index (χ0n) is 11.9. The molecule has 0 bridgehead atoms. The number of nitrogens with zero attached hydrogens (tertiary/aromatic N) is 1. The van der Waals surface area contributed by atoms with Crippen molar-refractivity contribution >= 4 is 22.9 Å². The van der Waals surface area contributed by atoms with E-state index in [1.54, 1.807) is 0 Å². The average Bonchev–Trinajstić information content (AvgIpc) is 2.33. The van der Waals surface area contributed by atoms with E-state index in [2.05, 4.69) is 43.2 Å². The highest BCUT2D eigenvalue weighted by molar-refractivity contribution is 7.80. The number of hydrogen-bond acceptors (Lipinski definition) is 3. The Morgan fingerprint density at radius 2 is 2.21 bits per heavy atom. The zero-order chi connectivity index (χ0) is 14.0. The van der Waals surface area contributed by atoms with Crippen molar-refractivity contribution in [1.29, 1.82) is 0 Å². The predicted octanol–water partition coefficient (Wildman–Crippen LogP) is 2.52. The molecule has 1 aliphatic heterocycles. The molecule has 2 rings (SSSR count). The molecule has 1 aliphatic rings. The van der Waals surface area contributed by atoms with Gasteiger partial charge < -0.3 is 16.0 Å². The van der Waals surface area contributed by atoms with E-state index in [1.165, 1.54) is 5.56 Å². The molecule has 1 aromatic carbocycles. The van der Waals surface area contributed by atoms with Crippen molar-refractivity contribution in [3.05, 3.63) is 29.3 Å². The minimum Gasteiger partial charge on any atom is -0.389 e. The molecule has 2 unspecified atom stereocenters. The minimum atomic E-state index is 0.462. The van der Waals surface area contributed by atoms with Gasteiger partial charge in [-0.1, -0.05) is 18.3 Å². The highest BCUT2D eigenvalue weighted by Crippen LogP contribution is 2.23. The van der Waals surface area contributed by atoms with Crippen LogP contribution in [0.25, 0.3) is 0 Å². The highest BCUT2D eigenvalue weighted by Gasteiger charge is 2.23. The molecule has 4 heteroatoms. The first-order valence-electron chi connectivity index (χ1n) is 6.84. The molecule has 0 aliphatic carbocycles. The van der Waals surface area contributed by atoms with Gasteiger partial charge in [-0.2, -0.15) is 0 Å². The Morgan fingerprint density at radius 1 is 1.47 bits per heavy atom. The molecule has 0 saturated carbocycles. The summed E-state index contributed by atoms with van der Waals surface area (Å²) in [6.45, 7) is 5.50. The van der Waals surface area contributed by atoms with Gasteiger partial charge in [-0.3, -0.25) is 0 Å². The number of benzene rings is 1. The fourth-order valence-electron chi connectivity index (χ4n) is 2.63. The second-order valence-electron chi connectivity index (χ2n) is 5.61. The lowest BCUT2D eigenvalue weighted by atomic mass is 9.98. The Labute approximate surface area is 121 Å². The van der Waals surface area contributed by atoms with E-state index in [0.29, 0.717) is 17.1 Å².